The summed E-state index contributed by atoms with van der Waals surface area (Å²) in [5, 5.41) is 11.4. The smallest absolute Gasteiger partial charge is 0.295 e. The first-order valence-electron chi connectivity index (χ1n) is 9.54. The number of aliphatic hydroxyl groups excluding tert-OH is 1. The zero-order valence-electron chi connectivity index (χ0n) is 17.0. The second kappa shape index (κ2) is 9.17. The molecule has 0 saturated carbocycles. The number of methoxy groups -OCH3 is 2. The molecule has 1 aromatic heterocycles. The number of rotatable bonds is 7. The van der Waals surface area contributed by atoms with Crippen molar-refractivity contribution in [3.8, 4) is 11.5 Å². The number of aliphatic hydroxyl groups is 1. The fourth-order valence-electron chi connectivity index (χ4n) is 3.51. The Morgan fingerprint density at radius 1 is 1.23 bits per heavy atom. The number of unbranched alkanes of at least 4 members (excludes halogenated alkanes) is 1. The average molecular weight is 431 g/mol. The van der Waals surface area contributed by atoms with Crippen molar-refractivity contribution < 1.29 is 24.2 Å². The van der Waals surface area contributed by atoms with Crippen molar-refractivity contribution in [2.24, 2.45) is 0 Å². The van der Waals surface area contributed by atoms with E-state index in [-0.39, 0.29) is 27.7 Å². The molecule has 2 heterocycles. The lowest BCUT2D eigenvalue weighted by Gasteiger charge is -2.25. The number of hydrogen-bond acceptors (Lipinski definition) is 6. The summed E-state index contributed by atoms with van der Waals surface area (Å²) < 4.78 is 10.6. The lowest BCUT2D eigenvalue weighted by Crippen LogP contribution is -2.30. The zero-order chi connectivity index (χ0) is 21.8. The van der Waals surface area contributed by atoms with Gasteiger partial charge in [0.2, 0.25) is 0 Å². The highest BCUT2D eigenvalue weighted by Gasteiger charge is 2.46. The van der Waals surface area contributed by atoms with Crippen molar-refractivity contribution >= 4 is 29.1 Å². The molecule has 0 aliphatic carbocycles. The fourth-order valence-corrected chi connectivity index (χ4v) is 3.75. The van der Waals surface area contributed by atoms with Crippen molar-refractivity contribution in [1.29, 1.82) is 0 Å². The van der Waals surface area contributed by atoms with Crippen LogP contribution >= 0.6 is 11.6 Å². The van der Waals surface area contributed by atoms with E-state index in [2.05, 4.69) is 4.98 Å². The van der Waals surface area contributed by atoms with Gasteiger partial charge in [0.1, 0.15) is 17.3 Å². The van der Waals surface area contributed by atoms with Crippen LogP contribution < -0.4 is 9.47 Å². The van der Waals surface area contributed by atoms with E-state index in [1.807, 2.05) is 6.92 Å². The number of halogens is 1. The van der Waals surface area contributed by atoms with Gasteiger partial charge in [-0.05, 0) is 24.1 Å². The highest BCUT2D eigenvalue weighted by molar-refractivity contribution is 6.46. The zero-order valence-corrected chi connectivity index (χ0v) is 17.8. The Balaban J connectivity index is 2.22. The van der Waals surface area contributed by atoms with E-state index in [4.69, 9.17) is 21.1 Å². The maximum atomic E-state index is 13.0. The number of Topliss-reactive ketones (excluding diaryl/α,β-unsaturated/α-hetero) is 1. The Morgan fingerprint density at radius 2 is 1.97 bits per heavy atom. The van der Waals surface area contributed by atoms with Gasteiger partial charge >= 0.3 is 0 Å². The Bertz CT molecular complexity index is 991. The van der Waals surface area contributed by atoms with E-state index in [0.29, 0.717) is 17.9 Å². The summed E-state index contributed by atoms with van der Waals surface area (Å²) in [4.78, 5) is 31.3. The van der Waals surface area contributed by atoms with E-state index < -0.39 is 17.7 Å². The number of carbonyl (C=O) groups is 2. The highest BCUT2D eigenvalue weighted by Crippen LogP contribution is 2.42. The SMILES string of the molecule is CCCCN1C(=O)C(=O)/C(=C(/O)c2cc(Cl)c(OC)cc2OC)C1c1cccnc1. The van der Waals surface area contributed by atoms with Crippen molar-refractivity contribution in [3.05, 3.63) is 58.4 Å². The third-order valence-electron chi connectivity index (χ3n) is 5.02. The molecule has 0 spiro atoms. The predicted molar refractivity (Wildman–Crippen MR) is 113 cm³/mol. The van der Waals surface area contributed by atoms with Gasteiger partial charge in [0.15, 0.2) is 0 Å². The largest absolute Gasteiger partial charge is 0.507 e. The molecular weight excluding hydrogens is 408 g/mol. The van der Waals surface area contributed by atoms with Crippen LogP contribution in [0, 0.1) is 0 Å². The number of aromatic nitrogens is 1. The van der Waals surface area contributed by atoms with E-state index in [0.717, 1.165) is 12.8 Å². The minimum atomic E-state index is -0.758. The van der Waals surface area contributed by atoms with Gasteiger partial charge in [0.05, 0.1) is 36.4 Å². The van der Waals surface area contributed by atoms with Gasteiger partial charge in [-0.1, -0.05) is 31.0 Å². The van der Waals surface area contributed by atoms with Crippen molar-refractivity contribution in [2.75, 3.05) is 20.8 Å². The van der Waals surface area contributed by atoms with Gasteiger partial charge in [-0.25, -0.2) is 0 Å². The Hall–Kier alpha value is -3.06. The van der Waals surface area contributed by atoms with Crippen LogP contribution in [0.15, 0.2) is 42.2 Å². The molecule has 1 aliphatic heterocycles. The molecule has 2 aromatic rings. The van der Waals surface area contributed by atoms with Gasteiger partial charge < -0.3 is 19.5 Å². The monoisotopic (exact) mass is 430 g/mol. The molecule has 0 radical (unpaired) electrons. The van der Waals surface area contributed by atoms with Gasteiger partial charge in [0, 0.05) is 25.0 Å². The van der Waals surface area contributed by atoms with Crippen molar-refractivity contribution in [3.63, 3.8) is 0 Å². The average Bonchev–Trinajstić information content (AvgIpc) is 3.02. The molecule has 1 atom stereocenters. The van der Waals surface area contributed by atoms with Crippen LogP contribution in [0.1, 0.15) is 36.9 Å². The normalized spacial score (nSPS) is 18.0. The van der Waals surface area contributed by atoms with Crippen LogP contribution in [0.25, 0.3) is 5.76 Å². The minimum absolute atomic E-state index is 0.0244. The standard InChI is InChI=1S/C22H23ClN2O5/c1-4-5-9-25-19(13-7-6-8-24-12-13)18(21(27)22(25)28)20(26)14-10-15(23)17(30-3)11-16(14)29-2/h6-8,10-12,19,26H,4-5,9H2,1-3H3/b20-18+. The summed E-state index contributed by atoms with van der Waals surface area (Å²) in [6.07, 6.45) is 4.77. The Labute approximate surface area is 179 Å². The second-order valence-electron chi connectivity index (χ2n) is 6.82. The number of ketones is 1. The number of pyridine rings is 1. The van der Waals surface area contributed by atoms with Gasteiger partial charge in [-0.15, -0.1) is 0 Å². The molecule has 1 N–H and O–H groups in total. The fraction of sp³-hybridized carbons (Fsp3) is 0.318. The maximum absolute atomic E-state index is 13.0. The van der Waals surface area contributed by atoms with E-state index >= 15 is 0 Å². The molecular formula is C22H23ClN2O5. The van der Waals surface area contributed by atoms with Gasteiger partial charge in [-0.2, -0.15) is 0 Å². The van der Waals surface area contributed by atoms with Crippen LogP contribution in [0.2, 0.25) is 5.02 Å². The van der Waals surface area contributed by atoms with Gasteiger partial charge in [0.25, 0.3) is 11.7 Å². The summed E-state index contributed by atoms with van der Waals surface area (Å²) in [5.74, 6) is -1.15. The molecule has 30 heavy (non-hydrogen) atoms. The third-order valence-corrected chi connectivity index (χ3v) is 5.32. The molecule has 7 nitrogen and oxygen atoms in total. The molecule has 1 unspecified atom stereocenters. The quantitative estimate of drug-likeness (QED) is 0.406. The maximum Gasteiger partial charge on any atom is 0.295 e. The van der Waals surface area contributed by atoms with Crippen molar-refractivity contribution in [2.45, 2.75) is 25.8 Å². The lowest BCUT2D eigenvalue weighted by molar-refractivity contribution is -0.139. The summed E-state index contributed by atoms with van der Waals surface area (Å²) >= 11 is 6.24. The van der Waals surface area contributed by atoms with Crippen LogP contribution in [0.3, 0.4) is 0 Å². The molecule has 0 bridgehead atoms. The van der Waals surface area contributed by atoms with E-state index in [1.165, 1.54) is 31.3 Å². The molecule has 1 saturated heterocycles. The molecule has 1 aromatic carbocycles. The van der Waals surface area contributed by atoms with E-state index in [9.17, 15) is 14.7 Å². The van der Waals surface area contributed by atoms with Crippen LogP contribution in [-0.2, 0) is 9.59 Å². The number of likely N-dealkylation sites (tertiary alicyclic amines) is 1. The lowest BCUT2D eigenvalue weighted by atomic mass is 9.96. The number of amides is 1. The minimum Gasteiger partial charge on any atom is -0.507 e. The summed E-state index contributed by atoms with van der Waals surface area (Å²) in [6.45, 7) is 2.39. The first kappa shape index (κ1) is 21.6. The number of benzene rings is 1. The number of hydrogen-bond donors (Lipinski definition) is 1. The predicted octanol–water partition coefficient (Wildman–Crippen LogP) is 3.97. The second-order valence-corrected chi connectivity index (χ2v) is 7.23. The topological polar surface area (TPSA) is 89.0 Å². The first-order valence-corrected chi connectivity index (χ1v) is 9.92. The number of nitrogens with zero attached hydrogens (tertiary/aromatic N) is 2. The molecule has 1 aliphatic rings. The number of carbonyl (C=O) groups excluding carboxylic acids is 2. The molecule has 8 heteroatoms. The van der Waals surface area contributed by atoms with Crippen LogP contribution in [-0.4, -0.2) is 47.4 Å². The highest BCUT2D eigenvalue weighted by atomic mass is 35.5. The molecule has 1 amide bonds. The Kier molecular flexibility index (Phi) is 6.62. The summed E-state index contributed by atoms with van der Waals surface area (Å²) in [5.41, 5.74) is 0.808. The molecule has 3 rings (SSSR count). The van der Waals surface area contributed by atoms with Crippen LogP contribution in [0.5, 0.6) is 11.5 Å². The van der Waals surface area contributed by atoms with Gasteiger partial charge in [-0.3, -0.25) is 14.6 Å². The van der Waals surface area contributed by atoms with Crippen LogP contribution in [0.4, 0.5) is 0 Å². The Morgan fingerprint density at radius 3 is 2.57 bits per heavy atom. The molecule has 158 valence electrons. The van der Waals surface area contributed by atoms with Crippen molar-refractivity contribution in [1.82, 2.24) is 9.88 Å². The van der Waals surface area contributed by atoms with E-state index in [1.54, 1.807) is 24.5 Å². The first-order chi connectivity index (χ1) is 14.4. The summed E-state index contributed by atoms with van der Waals surface area (Å²) in [7, 11) is 2.89. The summed E-state index contributed by atoms with van der Waals surface area (Å²) in [6, 6.07) is 5.71. The number of ether oxygens (including phenoxy) is 2. The molecule has 1 fully saturated rings. The third kappa shape index (κ3) is 3.85.